The zero-order chi connectivity index (χ0) is 76.9. The van der Waals surface area contributed by atoms with Crippen LogP contribution in [0.4, 0.5) is 0 Å². The van der Waals surface area contributed by atoms with Crippen LogP contribution in [0.25, 0.3) is 0 Å². The highest BCUT2D eigenvalue weighted by Gasteiger charge is 2.72. The van der Waals surface area contributed by atoms with Crippen LogP contribution >= 0.6 is 0 Å². The molecule has 0 aromatic carbocycles. The van der Waals surface area contributed by atoms with Gasteiger partial charge in [0.2, 0.25) is 0 Å². The summed E-state index contributed by atoms with van der Waals surface area (Å²) in [5, 5.41) is 42.6. The zero-order valence-corrected chi connectivity index (χ0v) is 70.8. The highest BCUT2D eigenvalue weighted by atomic mass is 16.6. The molecule has 0 heterocycles. The number of fused-ring (bicyclic) bond motifs is 5. The fourth-order valence-corrected chi connectivity index (χ4v) is 28.0. The molecule has 19 fully saturated rings. The van der Waals surface area contributed by atoms with Crippen LogP contribution < -0.4 is 0 Å². The van der Waals surface area contributed by atoms with Crippen molar-refractivity contribution in [3.8, 4) is 0 Å². The lowest BCUT2D eigenvalue weighted by Gasteiger charge is -2.65. The van der Waals surface area contributed by atoms with Crippen molar-refractivity contribution in [3.63, 3.8) is 0 Å². The lowest BCUT2D eigenvalue weighted by molar-refractivity contribution is -0.302. The Morgan fingerprint density at radius 2 is 0.830 bits per heavy atom. The Balaban J connectivity index is 0.000000150. The van der Waals surface area contributed by atoms with E-state index in [-0.39, 0.29) is 91.0 Å². The summed E-state index contributed by atoms with van der Waals surface area (Å²) in [6, 6.07) is 0. The first-order valence-corrected chi connectivity index (χ1v) is 43.7. The van der Waals surface area contributed by atoms with Gasteiger partial charge in [0.25, 0.3) is 0 Å². The quantitative estimate of drug-likeness (QED) is 0.101. The van der Waals surface area contributed by atoms with Gasteiger partial charge in [-0.05, 0) is 335 Å². The predicted molar refractivity (Wildman–Crippen MR) is 428 cm³/mol. The lowest BCUT2D eigenvalue weighted by Crippen LogP contribution is -2.72. The number of hydrogen-bond acceptors (Lipinski definition) is 12. The molecule has 12 unspecified atom stereocenters. The molecule has 612 valence electrons. The molecular formula is C94H164O12. The standard InChI is InChI=1S/C21H36O2.C19H32O2.C17H28O3.C16H26O5.C10H18.C9H16.2CH4/c1-8-18(3,4)17(22)23-20(7)11-12-21-13-16(20)19(5,6)15(21)10-9-14(21)2;1-6-18(4,5)17(20)21-19(12(2)3)15-8-13-7-14(10-15)11-16(19)9-13;1-5-15(2,3)14(18)20-16(4)12-6-11-7-13(16)10-17(19,8-11)9-12;1-4-12(2,3)11(17)21-16-8-13(18)5-14(19,9-16)7-15(20,6-13)10-16;1-6-4-9-5-10(6)8(3)7(9)2;1-6-7(2)9-4-3-8(6)5-9;;/h14-16H,8-13H2,1-7H3;12-16H,6-11H2,1-5H3;11-13,19H,5-10H2,1-4H3;18-20H,4-10H2,1-3H3;6-10H,4-5H2,1-3H3;6-9H,3-5H2,1-2H3;2*1H4/t14-,15?,16-,20-,21+;;;;;;;/m1......./s1. The van der Waals surface area contributed by atoms with E-state index in [4.69, 9.17) is 18.9 Å². The fourth-order valence-electron chi connectivity index (χ4n) is 28.0. The molecule has 18 bridgehead atoms. The second-order valence-electron chi connectivity index (χ2n) is 44.8. The van der Waals surface area contributed by atoms with Crippen LogP contribution in [-0.2, 0) is 38.1 Å². The molecule has 0 aromatic rings. The van der Waals surface area contributed by atoms with E-state index in [1.807, 2.05) is 69.2 Å². The van der Waals surface area contributed by atoms with Gasteiger partial charge in [-0.15, -0.1) is 0 Å². The summed E-state index contributed by atoms with van der Waals surface area (Å²) in [6.07, 6.45) is 30.3. The third-order valence-electron chi connectivity index (χ3n) is 35.8. The largest absolute Gasteiger partial charge is 0.459 e. The summed E-state index contributed by atoms with van der Waals surface area (Å²) in [5.41, 5.74) is -6.51. The van der Waals surface area contributed by atoms with E-state index in [1.54, 1.807) is 12.8 Å². The zero-order valence-electron chi connectivity index (χ0n) is 70.8. The molecule has 12 nitrogen and oxygen atoms in total. The highest BCUT2D eigenvalue weighted by Crippen LogP contribution is 2.74. The number of ether oxygens (including phenoxy) is 4. The molecule has 19 saturated carbocycles. The van der Waals surface area contributed by atoms with E-state index in [0.29, 0.717) is 72.5 Å². The lowest BCUT2D eigenvalue weighted by atomic mass is 9.47. The molecule has 106 heavy (non-hydrogen) atoms. The second-order valence-corrected chi connectivity index (χ2v) is 44.8. The van der Waals surface area contributed by atoms with Crippen LogP contribution in [0.2, 0.25) is 0 Å². The molecule has 16 atom stereocenters. The summed E-state index contributed by atoms with van der Waals surface area (Å²) in [5.74, 6) is 16.2. The SMILES string of the molecule is C.C.CC1C2CCC(C2)C1C.CC1CC2CC1C(C)C2C.CCC(C)(C)C(=O)OC1(C(C)C)C2CC3CC(C2)CC1C3.CCC(C)(C)C(=O)OC1(C)C2CC3CC1CC(O)(C3)C2.CCC(C)(C)C(=O)OC12CC3(O)CC(O)(CC(O)(C3)C1)C2.CCC(C)(C)C(=O)O[C@]1(C)CC[C@@]23C[C@@H]1C(C)(C)C2CC[C@H]3C. The number of esters is 4. The summed E-state index contributed by atoms with van der Waals surface area (Å²) >= 11 is 0. The topological polar surface area (TPSA) is 186 Å². The van der Waals surface area contributed by atoms with Crippen molar-refractivity contribution < 1.29 is 58.6 Å². The van der Waals surface area contributed by atoms with Crippen molar-refractivity contribution in [1.82, 2.24) is 0 Å². The normalized spacial score (nSPS) is 46.8. The van der Waals surface area contributed by atoms with Crippen LogP contribution in [0.5, 0.6) is 0 Å². The van der Waals surface area contributed by atoms with Gasteiger partial charge in [-0.2, -0.15) is 0 Å². The Morgan fingerprint density at radius 1 is 0.415 bits per heavy atom. The summed E-state index contributed by atoms with van der Waals surface area (Å²) in [7, 11) is 0. The molecule has 0 radical (unpaired) electrons. The third-order valence-corrected chi connectivity index (χ3v) is 35.8. The first-order chi connectivity index (χ1) is 47.9. The molecule has 0 saturated heterocycles. The van der Waals surface area contributed by atoms with Gasteiger partial charge in [0.05, 0.1) is 44.1 Å². The van der Waals surface area contributed by atoms with E-state index in [9.17, 15) is 39.6 Å². The molecule has 0 amide bonds. The van der Waals surface area contributed by atoms with E-state index in [1.165, 1.54) is 77.0 Å². The first-order valence-electron chi connectivity index (χ1n) is 43.7. The number of rotatable bonds is 13. The molecule has 12 heteroatoms. The third kappa shape index (κ3) is 15.9. The van der Waals surface area contributed by atoms with Gasteiger partial charge in [-0.25, -0.2) is 0 Å². The molecule has 1 spiro atoms. The number of hydrogen-bond donors (Lipinski definition) is 4. The maximum Gasteiger partial charge on any atom is 0.312 e. The Kier molecular flexibility index (Phi) is 24.9. The van der Waals surface area contributed by atoms with Crippen LogP contribution in [-0.4, -0.2) is 89.1 Å². The fraction of sp³-hybridized carbons (Fsp3) is 0.957. The minimum absolute atomic E-state index is 0. The van der Waals surface area contributed by atoms with E-state index in [2.05, 4.69) is 96.9 Å². The van der Waals surface area contributed by atoms with Crippen molar-refractivity contribution in [2.75, 3.05) is 0 Å². The average Bonchev–Trinajstić information content (AvgIpc) is 1.35. The molecule has 19 aliphatic rings. The van der Waals surface area contributed by atoms with Gasteiger partial charge >= 0.3 is 23.9 Å². The van der Waals surface area contributed by atoms with Crippen LogP contribution in [0.1, 0.15) is 374 Å². The average molecular weight is 1490 g/mol. The minimum Gasteiger partial charge on any atom is -0.459 e. The molecular weight excluding hydrogens is 1320 g/mol. The molecule has 0 aliphatic heterocycles. The molecule has 4 N–H and O–H groups in total. The predicted octanol–water partition coefficient (Wildman–Crippen LogP) is 21.9. The van der Waals surface area contributed by atoms with Crippen molar-refractivity contribution in [2.45, 2.75) is 418 Å². The van der Waals surface area contributed by atoms with Crippen molar-refractivity contribution in [3.05, 3.63) is 0 Å². The van der Waals surface area contributed by atoms with Crippen LogP contribution in [0, 0.1) is 151 Å². The maximum atomic E-state index is 12.8. The van der Waals surface area contributed by atoms with Gasteiger partial charge in [0, 0.05) is 56.3 Å². The van der Waals surface area contributed by atoms with Crippen molar-refractivity contribution in [2.24, 2.45) is 151 Å². The van der Waals surface area contributed by atoms with Crippen LogP contribution in [0.3, 0.4) is 0 Å². The molecule has 19 rings (SSSR count). The van der Waals surface area contributed by atoms with Crippen molar-refractivity contribution >= 4 is 23.9 Å². The van der Waals surface area contributed by atoms with Crippen molar-refractivity contribution in [1.29, 1.82) is 0 Å². The number of aliphatic hydroxyl groups is 4. The van der Waals surface area contributed by atoms with Gasteiger partial charge in [0.1, 0.15) is 22.4 Å². The monoisotopic (exact) mass is 1490 g/mol. The first kappa shape index (κ1) is 87.7. The van der Waals surface area contributed by atoms with Gasteiger partial charge in [-0.1, -0.05) is 112 Å². The Hall–Kier alpha value is -2.28. The maximum absolute atomic E-state index is 12.8. The van der Waals surface area contributed by atoms with E-state index >= 15 is 0 Å². The summed E-state index contributed by atoms with van der Waals surface area (Å²) < 4.78 is 24.5. The van der Waals surface area contributed by atoms with E-state index in [0.717, 1.165) is 135 Å². The van der Waals surface area contributed by atoms with Gasteiger partial charge in [0.15, 0.2) is 0 Å². The Morgan fingerprint density at radius 3 is 1.22 bits per heavy atom. The smallest absolute Gasteiger partial charge is 0.312 e. The van der Waals surface area contributed by atoms with Gasteiger partial charge in [-0.3, -0.25) is 19.2 Å². The summed E-state index contributed by atoms with van der Waals surface area (Å²) in [4.78, 5) is 50.4. The minimum atomic E-state index is -1.13. The van der Waals surface area contributed by atoms with Gasteiger partial charge < -0.3 is 39.4 Å². The van der Waals surface area contributed by atoms with Crippen LogP contribution in [0.15, 0.2) is 0 Å². The number of carbonyl (C=O) groups is 4. The summed E-state index contributed by atoms with van der Waals surface area (Å²) in [6.45, 7) is 52.2. The Bertz CT molecular complexity index is 2980. The van der Waals surface area contributed by atoms with E-state index < -0.39 is 38.8 Å². The molecule has 19 aliphatic carbocycles. The number of carbonyl (C=O) groups excluding carboxylic acids is 4. The highest BCUT2D eigenvalue weighted by molar-refractivity contribution is 5.78. The Labute approximate surface area is 648 Å². The molecule has 0 aromatic heterocycles. The second kappa shape index (κ2) is 30.2.